The second-order valence-corrected chi connectivity index (χ2v) is 3.50. The number of ether oxygens (including phenoxy) is 1. The third-order valence-electron chi connectivity index (χ3n) is 2.29. The van der Waals surface area contributed by atoms with Crippen LogP contribution < -0.4 is 10.9 Å². The Morgan fingerprint density at radius 1 is 1.22 bits per heavy atom. The Hall–Kier alpha value is -2.63. The first-order valence-electron chi connectivity index (χ1n) is 5.20. The highest BCUT2D eigenvalue weighted by Gasteiger charge is 2.02. The number of benzene rings is 1. The lowest BCUT2D eigenvalue weighted by Gasteiger charge is -2.04. The van der Waals surface area contributed by atoms with Crippen molar-refractivity contribution in [2.24, 2.45) is 0 Å². The molecule has 1 aromatic carbocycles. The molecule has 6 heteroatoms. The zero-order valence-corrected chi connectivity index (χ0v) is 9.64. The molecular weight excluding hydrogens is 234 g/mol. The number of H-pyrrole nitrogens is 1. The maximum absolute atomic E-state index is 11.0. The van der Waals surface area contributed by atoms with E-state index in [1.807, 2.05) is 0 Å². The minimum Gasteiger partial charge on any atom is -0.453 e. The summed E-state index contributed by atoms with van der Waals surface area (Å²) in [6, 6.07) is 10.0. The molecule has 1 aromatic heterocycles. The van der Waals surface area contributed by atoms with Gasteiger partial charge in [0.1, 0.15) is 0 Å². The highest BCUT2D eigenvalue weighted by Crippen LogP contribution is 2.18. The lowest BCUT2D eigenvalue weighted by Crippen LogP contribution is -2.10. The molecule has 92 valence electrons. The Labute approximate surface area is 103 Å². The van der Waals surface area contributed by atoms with E-state index in [-0.39, 0.29) is 5.56 Å². The summed E-state index contributed by atoms with van der Waals surface area (Å²) in [6.45, 7) is 0. The van der Waals surface area contributed by atoms with E-state index in [0.29, 0.717) is 11.4 Å². The number of amides is 1. The van der Waals surface area contributed by atoms with E-state index >= 15 is 0 Å². The third kappa shape index (κ3) is 2.73. The first-order chi connectivity index (χ1) is 8.69. The number of nitrogens with one attached hydrogen (secondary N) is 2. The maximum atomic E-state index is 11.0. The first kappa shape index (κ1) is 11.8. The summed E-state index contributed by atoms with van der Waals surface area (Å²) in [5.74, 6) is 0. The summed E-state index contributed by atoms with van der Waals surface area (Å²) in [5, 5.41) is 8.80. The second kappa shape index (κ2) is 5.13. The number of aromatic amines is 1. The van der Waals surface area contributed by atoms with Crippen molar-refractivity contribution < 1.29 is 9.53 Å². The normalized spacial score (nSPS) is 9.83. The summed E-state index contributed by atoms with van der Waals surface area (Å²) >= 11 is 0. The van der Waals surface area contributed by atoms with Gasteiger partial charge in [0.15, 0.2) is 0 Å². The average Bonchev–Trinajstić information content (AvgIpc) is 2.40. The molecule has 2 N–H and O–H groups in total. The molecule has 6 nitrogen and oxygen atoms in total. The fourth-order valence-electron chi connectivity index (χ4n) is 1.40. The smallest absolute Gasteiger partial charge is 0.411 e. The van der Waals surface area contributed by atoms with Gasteiger partial charge < -0.3 is 4.74 Å². The second-order valence-electron chi connectivity index (χ2n) is 3.50. The molecule has 1 heterocycles. The predicted octanol–water partition coefficient (Wildman–Crippen LogP) is 1.62. The Morgan fingerprint density at radius 2 is 1.94 bits per heavy atom. The molecule has 0 unspecified atom stereocenters. The van der Waals surface area contributed by atoms with Crippen molar-refractivity contribution in [1.82, 2.24) is 10.2 Å². The van der Waals surface area contributed by atoms with Crippen molar-refractivity contribution in [3.8, 4) is 11.3 Å². The number of carbonyl (C=O) groups is 1. The molecule has 0 atom stereocenters. The average molecular weight is 245 g/mol. The third-order valence-corrected chi connectivity index (χ3v) is 2.29. The summed E-state index contributed by atoms with van der Waals surface area (Å²) < 4.78 is 4.48. The van der Waals surface area contributed by atoms with E-state index in [9.17, 15) is 9.59 Å². The van der Waals surface area contributed by atoms with Gasteiger partial charge in [-0.15, -0.1) is 0 Å². The topological polar surface area (TPSA) is 84.1 Å². The van der Waals surface area contributed by atoms with Crippen molar-refractivity contribution in [3.05, 3.63) is 46.8 Å². The lowest BCUT2D eigenvalue weighted by molar-refractivity contribution is 0.187. The Morgan fingerprint density at radius 3 is 2.50 bits per heavy atom. The van der Waals surface area contributed by atoms with Gasteiger partial charge in [0.25, 0.3) is 5.56 Å². The van der Waals surface area contributed by atoms with Crippen molar-refractivity contribution in [3.63, 3.8) is 0 Å². The van der Waals surface area contributed by atoms with Crippen molar-refractivity contribution in [2.45, 2.75) is 0 Å². The molecule has 0 bridgehead atoms. The van der Waals surface area contributed by atoms with Gasteiger partial charge in [-0.1, -0.05) is 12.1 Å². The number of hydrogen-bond acceptors (Lipinski definition) is 4. The largest absolute Gasteiger partial charge is 0.453 e. The summed E-state index contributed by atoms with van der Waals surface area (Å²) in [7, 11) is 1.30. The van der Waals surface area contributed by atoms with Gasteiger partial charge in [-0.05, 0) is 18.2 Å². The number of methoxy groups -OCH3 is 1. The Balaban J connectivity index is 2.19. The van der Waals surface area contributed by atoms with E-state index in [1.54, 1.807) is 30.3 Å². The molecule has 1 amide bonds. The standard InChI is InChI=1S/C12H11N3O3/c1-18-12(17)13-9-4-2-8(3-5-9)10-6-7-11(16)15-14-10/h2-7H,1H3,(H,13,17)(H,15,16). The van der Waals surface area contributed by atoms with Gasteiger partial charge in [-0.3, -0.25) is 10.1 Å². The van der Waals surface area contributed by atoms with E-state index in [4.69, 9.17) is 0 Å². The van der Waals surface area contributed by atoms with Crippen LogP contribution in [0.3, 0.4) is 0 Å². The first-order valence-corrected chi connectivity index (χ1v) is 5.20. The predicted molar refractivity (Wildman–Crippen MR) is 66.3 cm³/mol. The minimum absolute atomic E-state index is 0.247. The number of nitrogens with zero attached hydrogens (tertiary/aromatic N) is 1. The van der Waals surface area contributed by atoms with Crippen LogP contribution in [0.4, 0.5) is 10.5 Å². The van der Waals surface area contributed by atoms with Crippen molar-refractivity contribution in [1.29, 1.82) is 0 Å². The van der Waals surface area contributed by atoms with Crippen LogP contribution in [-0.2, 0) is 4.74 Å². The molecule has 0 aliphatic heterocycles. The Kier molecular flexibility index (Phi) is 3.38. The molecule has 0 saturated carbocycles. The summed E-state index contributed by atoms with van der Waals surface area (Å²) in [6.07, 6.45) is -0.523. The molecule has 18 heavy (non-hydrogen) atoms. The SMILES string of the molecule is COC(=O)Nc1ccc(-c2ccc(=O)[nH]n2)cc1. The van der Waals surface area contributed by atoms with E-state index in [1.165, 1.54) is 13.2 Å². The molecule has 0 saturated heterocycles. The van der Waals surface area contributed by atoms with Gasteiger partial charge >= 0.3 is 6.09 Å². The van der Waals surface area contributed by atoms with E-state index in [0.717, 1.165) is 5.56 Å². The number of aromatic nitrogens is 2. The fraction of sp³-hybridized carbons (Fsp3) is 0.0833. The zero-order valence-electron chi connectivity index (χ0n) is 9.64. The van der Waals surface area contributed by atoms with Crippen LogP contribution in [0, 0.1) is 0 Å². The molecule has 2 aromatic rings. The highest BCUT2D eigenvalue weighted by atomic mass is 16.5. The molecular formula is C12H11N3O3. The van der Waals surface area contributed by atoms with Gasteiger partial charge in [0.2, 0.25) is 0 Å². The maximum Gasteiger partial charge on any atom is 0.411 e. The van der Waals surface area contributed by atoms with Crippen LogP contribution in [0.2, 0.25) is 0 Å². The van der Waals surface area contributed by atoms with Crippen molar-refractivity contribution in [2.75, 3.05) is 12.4 Å². The lowest BCUT2D eigenvalue weighted by atomic mass is 10.1. The minimum atomic E-state index is -0.523. The van der Waals surface area contributed by atoms with Crippen molar-refractivity contribution >= 4 is 11.8 Å². The summed E-state index contributed by atoms with van der Waals surface area (Å²) in [5.41, 5.74) is 1.86. The number of rotatable bonds is 2. The quantitative estimate of drug-likeness (QED) is 0.841. The number of hydrogen-bond donors (Lipinski definition) is 2. The van der Waals surface area contributed by atoms with Crippen LogP contribution in [0.5, 0.6) is 0 Å². The van der Waals surface area contributed by atoms with Crippen LogP contribution in [0.1, 0.15) is 0 Å². The molecule has 0 spiro atoms. The van der Waals surface area contributed by atoms with E-state index in [2.05, 4.69) is 20.3 Å². The van der Waals surface area contributed by atoms with Crippen LogP contribution >= 0.6 is 0 Å². The number of anilines is 1. The molecule has 0 radical (unpaired) electrons. The summed E-state index contributed by atoms with van der Waals surface area (Å²) in [4.78, 5) is 21.9. The Bertz CT molecular complexity index is 584. The monoisotopic (exact) mass is 245 g/mol. The fourth-order valence-corrected chi connectivity index (χ4v) is 1.40. The molecule has 0 fully saturated rings. The van der Waals surface area contributed by atoms with Crippen LogP contribution in [0.25, 0.3) is 11.3 Å². The highest BCUT2D eigenvalue weighted by molar-refractivity contribution is 5.84. The van der Waals surface area contributed by atoms with Crippen LogP contribution in [0.15, 0.2) is 41.2 Å². The van der Waals surface area contributed by atoms with Gasteiger partial charge in [0.05, 0.1) is 12.8 Å². The van der Waals surface area contributed by atoms with Gasteiger partial charge in [-0.25, -0.2) is 9.89 Å². The van der Waals surface area contributed by atoms with Gasteiger partial charge in [0, 0.05) is 17.3 Å². The molecule has 2 rings (SSSR count). The van der Waals surface area contributed by atoms with Crippen LogP contribution in [-0.4, -0.2) is 23.4 Å². The number of carbonyl (C=O) groups excluding carboxylic acids is 1. The molecule has 0 aliphatic carbocycles. The molecule has 0 aliphatic rings. The zero-order chi connectivity index (χ0) is 13.0. The van der Waals surface area contributed by atoms with Gasteiger partial charge in [-0.2, -0.15) is 5.10 Å². The van der Waals surface area contributed by atoms with E-state index < -0.39 is 6.09 Å².